The molecule has 0 radical (unpaired) electrons. The van der Waals surface area contributed by atoms with Gasteiger partial charge in [0.15, 0.2) is 5.82 Å². The van der Waals surface area contributed by atoms with E-state index < -0.39 is 0 Å². The van der Waals surface area contributed by atoms with Crippen molar-refractivity contribution in [2.24, 2.45) is 5.92 Å². The van der Waals surface area contributed by atoms with E-state index in [2.05, 4.69) is 60.6 Å². The zero-order valence-corrected chi connectivity index (χ0v) is 13.3. The Bertz CT molecular complexity index is 563. The Labute approximate surface area is 127 Å². The zero-order chi connectivity index (χ0) is 15.2. The Balaban J connectivity index is 2.01. The monoisotopic (exact) mass is 284 g/mol. The number of rotatable bonds is 6. The summed E-state index contributed by atoms with van der Waals surface area (Å²) in [5.41, 5.74) is 3.33. The summed E-state index contributed by atoms with van der Waals surface area (Å²) in [5.74, 6) is 1.50. The molecule has 0 fully saturated rings. The van der Waals surface area contributed by atoms with Crippen molar-refractivity contribution < 1.29 is 0 Å². The molecule has 4 heteroatoms. The van der Waals surface area contributed by atoms with Crippen LogP contribution < -0.4 is 10.2 Å². The zero-order valence-electron chi connectivity index (χ0n) is 13.3. The van der Waals surface area contributed by atoms with E-state index in [-0.39, 0.29) is 0 Å². The van der Waals surface area contributed by atoms with E-state index in [1.54, 1.807) is 0 Å². The topological polar surface area (TPSA) is 41.0 Å². The van der Waals surface area contributed by atoms with Crippen molar-refractivity contribution in [3.05, 3.63) is 47.7 Å². The Morgan fingerprint density at radius 2 is 1.95 bits per heavy atom. The standard InChI is InChI=1S/C17H24N4/c1-13(2)11-18-12-15-8-9-17(20-19-15)21(4)16-7-5-6-14(3)10-16/h5-10,13,18H,11-12H2,1-4H3. The molecule has 1 aromatic heterocycles. The van der Waals surface area contributed by atoms with Crippen molar-refractivity contribution >= 4 is 11.5 Å². The second-order valence-corrected chi connectivity index (χ2v) is 5.81. The number of hydrogen-bond donors (Lipinski definition) is 1. The molecule has 0 spiro atoms. The lowest BCUT2D eigenvalue weighted by Crippen LogP contribution is -2.20. The first-order chi connectivity index (χ1) is 10.1. The molecule has 0 saturated carbocycles. The summed E-state index contributed by atoms with van der Waals surface area (Å²) in [4.78, 5) is 2.05. The van der Waals surface area contributed by atoms with Crippen LogP contribution >= 0.6 is 0 Å². The summed E-state index contributed by atoms with van der Waals surface area (Å²) in [5, 5.41) is 12.0. The normalized spacial score (nSPS) is 10.9. The van der Waals surface area contributed by atoms with Crippen molar-refractivity contribution in [2.75, 3.05) is 18.5 Å². The van der Waals surface area contributed by atoms with Crippen LogP contribution in [0, 0.1) is 12.8 Å². The van der Waals surface area contributed by atoms with Gasteiger partial charge >= 0.3 is 0 Å². The second kappa shape index (κ2) is 7.18. The molecule has 0 unspecified atom stereocenters. The van der Waals surface area contributed by atoms with Crippen LogP contribution in [0.4, 0.5) is 11.5 Å². The van der Waals surface area contributed by atoms with Crippen LogP contribution in [0.25, 0.3) is 0 Å². The highest BCUT2D eigenvalue weighted by Gasteiger charge is 2.06. The molecular weight excluding hydrogens is 260 g/mol. The van der Waals surface area contributed by atoms with Gasteiger partial charge in [-0.25, -0.2) is 0 Å². The van der Waals surface area contributed by atoms with Crippen LogP contribution in [-0.2, 0) is 6.54 Å². The number of aryl methyl sites for hydroxylation is 1. The van der Waals surface area contributed by atoms with E-state index in [0.29, 0.717) is 5.92 Å². The van der Waals surface area contributed by atoms with Crippen LogP contribution in [-0.4, -0.2) is 23.8 Å². The van der Waals surface area contributed by atoms with Crippen molar-refractivity contribution in [1.82, 2.24) is 15.5 Å². The molecular formula is C17H24N4. The van der Waals surface area contributed by atoms with Gasteiger partial charge in [-0.15, -0.1) is 5.10 Å². The maximum atomic E-state index is 4.32. The van der Waals surface area contributed by atoms with Gasteiger partial charge in [-0.3, -0.25) is 0 Å². The average molecular weight is 284 g/mol. The van der Waals surface area contributed by atoms with Gasteiger partial charge in [0, 0.05) is 19.3 Å². The molecule has 2 aromatic rings. The van der Waals surface area contributed by atoms with Gasteiger partial charge in [-0.2, -0.15) is 5.10 Å². The van der Waals surface area contributed by atoms with E-state index in [9.17, 15) is 0 Å². The Kier molecular flexibility index (Phi) is 5.28. The second-order valence-electron chi connectivity index (χ2n) is 5.81. The summed E-state index contributed by atoms with van der Waals surface area (Å²) >= 11 is 0. The van der Waals surface area contributed by atoms with Crippen LogP contribution in [0.3, 0.4) is 0 Å². The van der Waals surface area contributed by atoms with E-state index in [1.807, 2.05) is 24.1 Å². The number of nitrogens with zero attached hydrogens (tertiary/aromatic N) is 3. The van der Waals surface area contributed by atoms with Crippen LogP contribution in [0.5, 0.6) is 0 Å². The molecule has 1 heterocycles. The summed E-state index contributed by atoms with van der Waals surface area (Å²) in [6.45, 7) is 8.23. The minimum Gasteiger partial charge on any atom is -0.328 e. The first kappa shape index (κ1) is 15.4. The minimum atomic E-state index is 0.643. The maximum absolute atomic E-state index is 4.32. The molecule has 2 rings (SSSR count). The Morgan fingerprint density at radius 1 is 1.14 bits per heavy atom. The van der Waals surface area contributed by atoms with E-state index in [1.165, 1.54) is 5.56 Å². The predicted octanol–water partition coefficient (Wildman–Crippen LogP) is 3.30. The molecule has 4 nitrogen and oxygen atoms in total. The Hall–Kier alpha value is -1.94. The van der Waals surface area contributed by atoms with Gasteiger partial charge in [-0.1, -0.05) is 26.0 Å². The van der Waals surface area contributed by atoms with Crippen LogP contribution in [0.1, 0.15) is 25.1 Å². The molecule has 112 valence electrons. The van der Waals surface area contributed by atoms with Crippen molar-refractivity contribution in [3.63, 3.8) is 0 Å². The van der Waals surface area contributed by atoms with Crippen molar-refractivity contribution in [1.29, 1.82) is 0 Å². The largest absolute Gasteiger partial charge is 0.328 e. The quantitative estimate of drug-likeness (QED) is 0.883. The summed E-state index contributed by atoms with van der Waals surface area (Å²) < 4.78 is 0. The summed E-state index contributed by atoms with van der Waals surface area (Å²) in [7, 11) is 2.01. The molecule has 0 aliphatic rings. The molecule has 21 heavy (non-hydrogen) atoms. The number of aromatic nitrogens is 2. The van der Waals surface area contributed by atoms with Gasteiger partial charge in [0.1, 0.15) is 0 Å². The smallest absolute Gasteiger partial charge is 0.155 e. The molecule has 0 aliphatic carbocycles. The highest BCUT2D eigenvalue weighted by Crippen LogP contribution is 2.21. The molecule has 1 aromatic carbocycles. The molecule has 0 saturated heterocycles. The van der Waals surface area contributed by atoms with E-state index in [4.69, 9.17) is 0 Å². The number of anilines is 2. The van der Waals surface area contributed by atoms with Crippen LogP contribution in [0.2, 0.25) is 0 Å². The predicted molar refractivity (Wildman–Crippen MR) is 87.8 cm³/mol. The highest BCUT2D eigenvalue weighted by molar-refractivity contribution is 5.59. The van der Waals surface area contributed by atoms with Gasteiger partial charge in [0.25, 0.3) is 0 Å². The third-order valence-electron chi connectivity index (χ3n) is 3.30. The molecule has 0 amide bonds. The summed E-state index contributed by atoms with van der Waals surface area (Å²) in [6.07, 6.45) is 0. The lowest BCUT2D eigenvalue weighted by atomic mass is 10.2. The number of hydrogen-bond acceptors (Lipinski definition) is 4. The molecule has 0 atom stereocenters. The fourth-order valence-corrected chi connectivity index (χ4v) is 2.08. The number of nitrogens with one attached hydrogen (secondary N) is 1. The SMILES string of the molecule is Cc1cccc(N(C)c2ccc(CNCC(C)C)nn2)c1. The Morgan fingerprint density at radius 3 is 2.57 bits per heavy atom. The van der Waals surface area contributed by atoms with E-state index in [0.717, 1.165) is 30.3 Å². The fraction of sp³-hybridized carbons (Fsp3) is 0.412. The number of benzene rings is 1. The first-order valence-corrected chi connectivity index (χ1v) is 7.40. The van der Waals surface area contributed by atoms with Gasteiger partial charge in [0.05, 0.1) is 5.69 Å². The van der Waals surface area contributed by atoms with Crippen molar-refractivity contribution in [3.8, 4) is 0 Å². The third-order valence-corrected chi connectivity index (χ3v) is 3.30. The lowest BCUT2D eigenvalue weighted by Gasteiger charge is -2.18. The minimum absolute atomic E-state index is 0.643. The van der Waals surface area contributed by atoms with Gasteiger partial charge in [0.2, 0.25) is 0 Å². The van der Waals surface area contributed by atoms with Crippen molar-refractivity contribution in [2.45, 2.75) is 27.3 Å². The van der Waals surface area contributed by atoms with Gasteiger partial charge in [-0.05, 0) is 49.2 Å². The van der Waals surface area contributed by atoms with Gasteiger partial charge < -0.3 is 10.2 Å². The third kappa shape index (κ3) is 4.53. The fourth-order valence-electron chi connectivity index (χ4n) is 2.08. The highest BCUT2D eigenvalue weighted by atomic mass is 15.2. The van der Waals surface area contributed by atoms with Crippen LogP contribution in [0.15, 0.2) is 36.4 Å². The lowest BCUT2D eigenvalue weighted by molar-refractivity contribution is 0.546. The molecule has 1 N–H and O–H groups in total. The molecule has 0 aliphatic heterocycles. The van der Waals surface area contributed by atoms with E-state index >= 15 is 0 Å². The molecule has 0 bridgehead atoms. The first-order valence-electron chi connectivity index (χ1n) is 7.40. The average Bonchev–Trinajstić information content (AvgIpc) is 2.47. The summed E-state index contributed by atoms with van der Waals surface area (Å²) in [6, 6.07) is 12.4. The maximum Gasteiger partial charge on any atom is 0.155 e.